The second kappa shape index (κ2) is 25.1. The van der Waals surface area contributed by atoms with Crippen LogP contribution in [0.1, 0.15) is 64.5 Å². The van der Waals surface area contributed by atoms with Gasteiger partial charge >= 0.3 is 0 Å². The summed E-state index contributed by atoms with van der Waals surface area (Å²) in [6.07, 6.45) is 13.4. The number of anilines is 1. The monoisotopic (exact) mass is 1110 g/mol. The topological polar surface area (TPSA) is 329 Å². The third-order valence-corrected chi connectivity index (χ3v) is 15.3. The molecule has 3 heterocycles. The molecule has 0 spiro atoms. The highest BCUT2D eigenvalue weighted by Gasteiger charge is 2.45. The van der Waals surface area contributed by atoms with Crippen LogP contribution >= 0.6 is 0 Å². The SMILES string of the molecule is CC1(C)C(/C=C/C=C(/C=C/C=C2/N(CCS(=O)(=O)[O-])c3ccc(S(=O)(=O)[O-])cc3C2(C)C)CCC(=O)NCCCOCCOCCOCCCN2C(=O)C=CC2=O)=[N+](CCS(=O)(=O)[O-])c2ccc(S(=O)(=O)[O-])cc21. The number of ether oxygens (including phenoxy) is 3. The summed E-state index contributed by atoms with van der Waals surface area (Å²) in [7, 11) is -19.2. The van der Waals surface area contributed by atoms with Crippen LogP contribution in [0.15, 0.2) is 106 Å². The van der Waals surface area contributed by atoms with Crippen molar-refractivity contribution >= 4 is 75.3 Å². The second-order valence-corrected chi connectivity index (χ2v) is 24.1. The Bertz CT molecular complexity index is 3080. The maximum atomic E-state index is 13.1. The fourth-order valence-electron chi connectivity index (χ4n) is 8.52. The first-order valence-corrected chi connectivity index (χ1v) is 29.3. The van der Waals surface area contributed by atoms with E-state index in [0.29, 0.717) is 92.0 Å². The molecule has 406 valence electrons. The van der Waals surface area contributed by atoms with Crippen molar-refractivity contribution in [3.63, 3.8) is 0 Å². The molecule has 0 bridgehead atoms. The maximum absolute atomic E-state index is 13.1. The molecule has 5 rings (SSSR count). The predicted molar refractivity (Wildman–Crippen MR) is 265 cm³/mol. The van der Waals surface area contributed by atoms with Crippen molar-refractivity contribution in [2.75, 3.05) is 82.2 Å². The van der Waals surface area contributed by atoms with Gasteiger partial charge in [0.05, 0.1) is 63.3 Å². The summed E-state index contributed by atoms with van der Waals surface area (Å²) < 4.78 is 161. The molecule has 2 aromatic rings. The van der Waals surface area contributed by atoms with Gasteiger partial charge in [0, 0.05) is 85.9 Å². The molecule has 3 aliphatic rings. The molecule has 2 aromatic carbocycles. The number of rotatable bonds is 29. The fraction of sp³-hybridized carbons (Fsp3) is 0.458. The first kappa shape index (κ1) is 59.6. The normalized spacial score (nSPS) is 17.5. The summed E-state index contributed by atoms with van der Waals surface area (Å²) in [5.74, 6) is -2.57. The minimum absolute atomic E-state index is 0.00658. The Hall–Kier alpha value is -5.26. The van der Waals surface area contributed by atoms with Crippen molar-refractivity contribution in [1.82, 2.24) is 10.2 Å². The average molecular weight is 1110 g/mol. The summed E-state index contributed by atoms with van der Waals surface area (Å²) in [4.78, 5) is 38.0. The molecule has 0 saturated heterocycles. The minimum Gasteiger partial charge on any atom is -0.748 e. The van der Waals surface area contributed by atoms with Crippen molar-refractivity contribution < 1.29 is 85.1 Å². The van der Waals surface area contributed by atoms with Gasteiger partial charge in [0.2, 0.25) is 11.6 Å². The van der Waals surface area contributed by atoms with Crippen LogP contribution in [-0.2, 0) is 79.9 Å². The molecule has 1 N–H and O–H groups in total. The molecule has 0 aromatic heterocycles. The first-order valence-electron chi connectivity index (χ1n) is 23.3. The predicted octanol–water partition coefficient (Wildman–Crippen LogP) is 2.33. The summed E-state index contributed by atoms with van der Waals surface area (Å²) >= 11 is 0. The lowest BCUT2D eigenvalue weighted by Gasteiger charge is -2.27. The molecule has 3 amide bonds. The average Bonchev–Trinajstić information content (AvgIpc) is 3.82. The Morgan fingerprint density at radius 2 is 1.24 bits per heavy atom. The van der Waals surface area contributed by atoms with E-state index in [1.54, 1.807) is 73.6 Å². The zero-order chi connectivity index (χ0) is 54.7. The molecule has 74 heavy (non-hydrogen) atoms. The lowest BCUT2D eigenvalue weighted by molar-refractivity contribution is -0.432. The molecular formula is C48H59N4O18S4-3. The summed E-state index contributed by atoms with van der Waals surface area (Å²) in [5, 5.41) is 2.85. The zero-order valence-electron chi connectivity index (χ0n) is 41.2. The minimum atomic E-state index is -4.87. The molecule has 0 atom stereocenters. The number of imide groups is 1. The van der Waals surface area contributed by atoms with E-state index in [-0.39, 0.29) is 56.7 Å². The van der Waals surface area contributed by atoms with Crippen LogP contribution < -0.4 is 10.2 Å². The van der Waals surface area contributed by atoms with Gasteiger partial charge in [0.15, 0.2) is 12.3 Å². The van der Waals surface area contributed by atoms with E-state index in [2.05, 4.69) is 5.32 Å². The molecule has 0 aliphatic carbocycles. The van der Waals surface area contributed by atoms with E-state index < -0.39 is 72.6 Å². The third kappa shape index (κ3) is 16.6. The number of benzene rings is 2. The smallest absolute Gasteiger partial charge is 0.253 e. The van der Waals surface area contributed by atoms with Gasteiger partial charge in [-0.05, 0) is 80.7 Å². The highest BCUT2D eigenvalue weighted by atomic mass is 32.2. The van der Waals surface area contributed by atoms with Gasteiger partial charge in [-0.15, -0.1) is 0 Å². The standard InChI is InChI=1S/C48H62N4O18S4/c1-47(2)38-33-36(73(62,63)64)14-16-40(38)50(23-31-71(56,57)58)42(47)11-5-9-35(10-6-12-43-48(3,4)39-34-37(74(65,66)67)15-17-41(39)51(43)24-32-72(59,60)61)13-18-44(53)49-21-7-25-68-27-29-70-30-28-69-26-8-22-52-45(54)19-20-46(52)55/h5-6,9-12,14-17,19-20,33-34H,7-8,13,18,21-32H2,1-4H3,(H4-,49,53,56,57,58,59,60,61,62,63,64,65,66,67)/p-3. The summed E-state index contributed by atoms with van der Waals surface area (Å²) in [5.41, 5.74) is 0.958. The Kier molecular flexibility index (Phi) is 20.2. The van der Waals surface area contributed by atoms with Crippen molar-refractivity contribution in [2.24, 2.45) is 0 Å². The van der Waals surface area contributed by atoms with Gasteiger partial charge < -0.3 is 42.6 Å². The lowest BCUT2D eigenvalue weighted by Crippen LogP contribution is -2.31. The molecular weight excluding hydrogens is 1050 g/mol. The Balaban J connectivity index is 1.28. The van der Waals surface area contributed by atoms with E-state index >= 15 is 0 Å². The quantitative estimate of drug-likeness (QED) is 0.0402. The van der Waals surface area contributed by atoms with Gasteiger partial charge in [-0.1, -0.05) is 38.2 Å². The van der Waals surface area contributed by atoms with E-state index in [4.69, 9.17) is 14.2 Å². The van der Waals surface area contributed by atoms with Gasteiger partial charge in [-0.2, -0.15) is 4.58 Å². The molecule has 0 unspecified atom stereocenters. The number of hydrogen-bond donors (Lipinski definition) is 1. The van der Waals surface area contributed by atoms with Crippen molar-refractivity contribution in [3.05, 3.63) is 107 Å². The Morgan fingerprint density at radius 1 is 0.676 bits per heavy atom. The number of carbonyl (C=O) groups excluding carboxylic acids is 3. The highest BCUT2D eigenvalue weighted by Crippen LogP contribution is 2.48. The second-order valence-electron chi connectivity index (χ2n) is 18.3. The number of hydrogen-bond acceptors (Lipinski definition) is 19. The van der Waals surface area contributed by atoms with E-state index in [0.717, 1.165) is 17.0 Å². The Labute approximate surface area is 432 Å². The van der Waals surface area contributed by atoms with Crippen LogP contribution in [0.25, 0.3) is 0 Å². The van der Waals surface area contributed by atoms with Crippen LogP contribution in [0.5, 0.6) is 0 Å². The highest BCUT2D eigenvalue weighted by molar-refractivity contribution is 7.86. The van der Waals surface area contributed by atoms with E-state index in [1.165, 1.54) is 36.4 Å². The number of nitrogens with zero attached hydrogens (tertiary/aromatic N) is 3. The fourth-order valence-corrected chi connectivity index (χ4v) is 10.3. The number of fused-ring (bicyclic) bond motifs is 2. The lowest BCUT2D eigenvalue weighted by atomic mass is 9.81. The molecule has 22 nitrogen and oxygen atoms in total. The van der Waals surface area contributed by atoms with Crippen molar-refractivity contribution in [1.29, 1.82) is 0 Å². The summed E-state index contributed by atoms with van der Waals surface area (Å²) in [6, 6.07) is 7.35. The third-order valence-electron chi connectivity index (χ3n) is 12.3. The van der Waals surface area contributed by atoms with Gasteiger partial charge in [0.1, 0.15) is 30.4 Å². The van der Waals surface area contributed by atoms with Crippen LogP contribution in [0.3, 0.4) is 0 Å². The van der Waals surface area contributed by atoms with Gasteiger partial charge in [0.25, 0.3) is 11.8 Å². The maximum Gasteiger partial charge on any atom is 0.253 e. The number of allylic oxidation sites excluding steroid dienone is 8. The number of carbonyl (C=O) groups is 3. The number of amides is 3. The molecule has 0 radical (unpaired) electrons. The van der Waals surface area contributed by atoms with Gasteiger partial charge in [-0.3, -0.25) is 19.3 Å². The van der Waals surface area contributed by atoms with E-state index in [9.17, 15) is 66.3 Å². The van der Waals surface area contributed by atoms with Crippen LogP contribution in [0.2, 0.25) is 0 Å². The molecule has 3 aliphatic heterocycles. The van der Waals surface area contributed by atoms with E-state index in [1.807, 2.05) is 0 Å². The summed E-state index contributed by atoms with van der Waals surface area (Å²) in [6.45, 7) is 8.79. The van der Waals surface area contributed by atoms with Gasteiger partial charge in [-0.25, -0.2) is 33.7 Å². The van der Waals surface area contributed by atoms with Crippen LogP contribution in [-0.4, -0.2) is 162 Å². The van der Waals surface area contributed by atoms with Crippen molar-refractivity contribution in [3.8, 4) is 0 Å². The first-order chi connectivity index (χ1) is 34.5. The van der Waals surface area contributed by atoms with Crippen LogP contribution in [0.4, 0.5) is 11.4 Å². The zero-order valence-corrected chi connectivity index (χ0v) is 44.5. The molecule has 26 heteroatoms. The molecule has 0 fully saturated rings. The molecule has 0 saturated carbocycles. The number of nitrogens with one attached hydrogen (secondary N) is 1. The largest absolute Gasteiger partial charge is 0.748 e. The Morgan fingerprint density at radius 3 is 1.84 bits per heavy atom. The van der Waals surface area contributed by atoms with Crippen LogP contribution in [0, 0.1) is 0 Å². The van der Waals surface area contributed by atoms with Crippen molar-refractivity contribution in [2.45, 2.75) is 74.0 Å².